The predicted molar refractivity (Wildman–Crippen MR) is 57.0 cm³/mol. The van der Waals surface area contributed by atoms with Gasteiger partial charge < -0.3 is 5.73 Å². The number of hydrogen-bond donors (Lipinski definition) is 2. The maximum Gasteiger partial charge on any atom is 0.329 e. The van der Waals surface area contributed by atoms with E-state index in [9.17, 15) is 4.79 Å². The van der Waals surface area contributed by atoms with Crippen LogP contribution in [0.25, 0.3) is 0 Å². The van der Waals surface area contributed by atoms with E-state index in [1.165, 1.54) is 0 Å². The van der Waals surface area contributed by atoms with Gasteiger partial charge in [0.15, 0.2) is 0 Å². The fraction of sp³-hybridized carbons (Fsp3) is 0.222. The second-order valence-electron chi connectivity index (χ2n) is 2.87. The highest BCUT2D eigenvalue weighted by Crippen LogP contribution is 2.23. The monoisotopic (exact) mass is 196 g/mol. The number of nitrogens with zero attached hydrogens (tertiary/aromatic N) is 1. The van der Waals surface area contributed by atoms with E-state index in [1.807, 2.05) is 26.0 Å². The van der Waals surface area contributed by atoms with Crippen LogP contribution in [-0.2, 0) is 0 Å². The van der Waals surface area contributed by atoms with Crippen molar-refractivity contribution in [3.05, 3.63) is 29.3 Å². The largest absolute Gasteiger partial charge is 0.350 e. The Kier molecular flexibility index (Phi) is 2.83. The average Bonchev–Trinajstić information content (AvgIpc) is 2.08. The second-order valence-corrected chi connectivity index (χ2v) is 3.27. The Balaban J connectivity index is 3.15. The zero-order valence-electron chi connectivity index (χ0n) is 7.61. The average molecular weight is 196 g/mol. The SMILES string of the molecule is Cc1cccc(N(S)C(N)=O)c1C. The van der Waals surface area contributed by atoms with Crippen LogP contribution in [0.1, 0.15) is 11.1 Å². The lowest BCUT2D eigenvalue weighted by atomic mass is 10.1. The van der Waals surface area contributed by atoms with Gasteiger partial charge in [-0.2, -0.15) is 0 Å². The van der Waals surface area contributed by atoms with Gasteiger partial charge in [0.1, 0.15) is 0 Å². The minimum absolute atomic E-state index is 0.572. The molecule has 0 heterocycles. The summed E-state index contributed by atoms with van der Waals surface area (Å²) >= 11 is 3.99. The Labute approximate surface area is 83.1 Å². The van der Waals surface area contributed by atoms with E-state index in [1.54, 1.807) is 6.07 Å². The molecule has 1 aromatic carbocycles. The minimum Gasteiger partial charge on any atom is -0.350 e. The molecule has 0 radical (unpaired) electrons. The second kappa shape index (κ2) is 3.70. The minimum atomic E-state index is -0.572. The maximum absolute atomic E-state index is 10.8. The number of nitrogens with two attached hydrogens (primary N) is 1. The summed E-state index contributed by atoms with van der Waals surface area (Å²) in [7, 11) is 0. The first kappa shape index (κ1) is 9.92. The lowest BCUT2D eigenvalue weighted by Gasteiger charge is -2.16. The van der Waals surface area contributed by atoms with Crippen molar-refractivity contribution in [3.8, 4) is 0 Å². The van der Waals surface area contributed by atoms with Crippen LogP contribution in [-0.4, -0.2) is 6.03 Å². The molecule has 2 N–H and O–H groups in total. The van der Waals surface area contributed by atoms with Crippen molar-refractivity contribution in [2.45, 2.75) is 13.8 Å². The first-order chi connectivity index (χ1) is 6.04. The van der Waals surface area contributed by atoms with Crippen LogP contribution in [0.2, 0.25) is 0 Å². The summed E-state index contributed by atoms with van der Waals surface area (Å²) in [6.07, 6.45) is 0. The van der Waals surface area contributed by atoms with E-state index >= 15 is 0 Å². The molecule has 0 aliphatic heterocycles. The van der Waals surface area contributed by atoms with Crippen LogP contribution >= 0.6 is 12.8 Å². The van der Waals surface area contributed by atoms with Crippen molar-refractivity contribution in [1.29, 1.82) is 0 Å². The predicted octanol–water partition coefficient (Wildman–Crippen LogP) is 2.03. The van der Waals surface area contributed by atoms with Crippen LogP contribution in [0.15, 0.2) is 18.2 Å². The third kappa shape index (κ3) is 1.95. The number of rotatable bonds is 1. The zero-order valence-corrected chi connectivity index (χ0v) is 8.51. The molecule has 0 unspecified atom stereocenters. The van der Waals surface area contributed by atoms with Gasteiger partial charge >= 0.3 is 6.03 Å². The molecule has 4 heteroatoms. The third-order valence-electron chi connectivity index (χ3n) is 2.01. The summed E-state index contributed by atoms with van der Waals surface area (Å²) in [4.78, 5) is 10.8. The number of carbonyl (C=O) groups is 1. The standard InChI is InChI=1S/C9H12N2OS/c1-6-4-3-5-8(7(6)2)11(13)9(10)12/h3-5,13H,1-2H3,(H2,10,12). The van der Waals surface area contributed by atoms with Gasteiger partial charge in [0.2, 0.25) is 0 Å². The highest BCUT2D eigenvalue weighted by atomic mass is 32.1. The zero-order chi connectivity index (χ0) is 10.0. The van der Waals surface area contributed by atoms with Gasteiger partial charge in [0, 0.05) is 0 Å². The smallest absolute Gasteiger partial charge is 0.329 e. The van der Waals surface area contributed by atoms with Crippen LogP contribution in [0, 0.1) is 13.8 Å². The number of primary amides is 1. The van der Waals surface area contributed by atoms with Gasteiger partial charge in [0.25, 0.3) is 0 Å². The van der Waals surface area contributed by atoms with Crippen molar-refractivity contribution in [1.82, 2.24) is 0 Å². The van der Waals surface area contributed by atoms with Crippen molar-refractivity contribution in [3.63, 3.8) is 0 Å². The Morgan fingerprint density at radius 1 is 1.46 bits per heavy atom. The Hall–Kier alpha value is -1.16. The molecule has 0 fully saturated rings. The van der Waals surface area contributed by atoms with Gasteiger partial charge in [-0.05, 0) is 31.0 Å². The molecule has 0 saturated heterocycles. The fourth-order valence-corrected chi connectivity index (χ4v) is 1.30. The van der Waals surface area contributed by atoms with Gasteiger partial charge in [-0.25, -0.2) is 9.10 Å². The summed E-state index contributed by atoms with van der Waals surface area (Å²) in [6.45, 7) is 3.90. The lowest BCUT2D eigenvalue weighted by Crippen LogP contribution is -2.27. The van der Waals surface area contributed by atoms with E-state index < -0.39 is 6.03 Å². The van der Waals surface area contributed by atoms with Crippen LogP contribution in [0.3, 0.4) is 0 Å². The molecule has 70 valence electrons. The fourth-order valence-electron chi connectivity index (χ4n) is 1.08. The van der Waals surface area contributed by atoms with Gasteiger partial charge in [-0.3, -0.25) is 0 Å². The maximum atomic E-state index is 10.8. The molecule has 0 saturated carbocycles. The molecule has 0 aliphatic carbocycles. The van der Waals surface area contributed by atoms with Crippen LogP contribution < -0.4 is 10.0 Å². The van der Waals surface area contributed by atoms with E-state index in [0.717, 1.165) is 21.1 Å². The summed E-state index contributed by atoms with van der Waals surface area (Å²) in [5.74, 6) is 0. The molecule has 3 nitrogen and oxygen atoms in total. The van der Waals surface area contributed by atoms with Crippen molar-refractivity contribution in [2.24, 2.45) is 5.73 Å². The summed E-state index contributed by atoms with van der Waals surface area (Å²) in [5, 5.41) is 0. The number of benzene rings is 1. The molecular formula is C9H12N2OS. The first-order valence-corrected chi connectivity index (χ1v) is 4.28. The van der Waals surface area contributed by atoms with E-state index in [0.29, 0.717) is 0 Å². The number of hydrogen-bond acceptors (Lipinski definition) is 2. The molecule has 13 heavy (non-hydrogen) atoms. The molecular weight excluding hydrogens is 184 g/mol. The molecule has 2 amide bonds. The molecule has 0 aliphatic rings. The Morgan fingerprint density at radius 2 is 2.08 bits per heavy atom. The quantitative estimate of drug-likeness (QED) is 0.663. The molecule has 1 rings (SSSR count). The number of carbonyl (C=O) groups excluding carboxylic acids is 1. The van der Waals surface area contributed by atoms with E-state index in [-0.39, 0.29) is 0 Å². The molecule has 0 spiro atoms. The van der Waals surface area contributed by atoms with Crippen molar-refractivity contribution in [2.75, 3.05) is 4.31 Å². The topological polar surface area (TPSA) is 46.3 Å². The molecule has 0 aromatic heterocycles. The van der Waals surface area contributed by atoms with Crippen molar-refractivity contribution < 1.29 is 4.79 Å². The number of aryl methyl sites for hydroxylation is 1. The Bertz CT molecular complexity index is 338. The number of thiol groups is 1. The molecule has 1 aromatic rings. The lowest BCUT2D eigenvalue weighted by molar-refractivity contribution is 0.257. The van der Waals surface area contributed by atoms with Crippen molar-refractivity contribution >= 4 is 24.5 Å². The van der Waals surface area contributed by atoms with Gasteiger partial charge in [0.05, 0.1) is 5.69 Å². The molecule has 0 atom stereocenters. The Morgan fingerprint density at radius 3 is 2.62 bits per heavy atom. The highest BCUT2D eigenvalue weighted by molar-refractivity contribution is 7.82. The first-order valence-electron chi connectivity index (χ1n) is 3.88. The van der Waals surface area contributed by atoms with Gasteiger partial charge in [-0.1, -0.05) is 24.9 Å². The summed E-state index contributed by atoms with van der Waals surface area (Å²) < 4.78 is 1.14. The summed E-state index contributed by atoms with van der Waals surface area (Å²) in [6, 6.07) is 5.07. The van der Waals surface area contributed by atoms with Crippen LogP contribution in [0.4, 0.5) is 10.5 Å². The van der Waals surface area contributed by atoms with Gasteiger partial charge in [-0.15, -0.1) is 0 Å². The summed E-state index contributed by atoms with van der Waals surface area (Å²) in [5.41, 5.74) is 7.95. The van der Waals surface area contributed by atoms with E-state index in [2.05, 4.69) is 12.8 Å². The normalized spacial score (nSPS) is 9.77. The highest BCUT2D eigenvalue weighted by Gasteiger charge is 2.10. The third-order valence-corrected chi connectivity index (χ3v) is 2.43. The van der Waals surface area contributed by atoms with Crippen LogP contribution in [0.5, 0.6) is 0 Å². The molecule has 0 bridgehead atoms. The number of anilines is 1. The number of amides is 2. The van der Waals surface area contributed by atoms with E-state index in [4.69, 9.17) is 5.73 Å². The number of urea groups is 1.